The summed E-state index contributed by atoms with van der Waals surface area (Å²) >= 11 is 0. The van der Waals surface area contributed by atoms with E-state index in [0.717, 1.165) is 23.6 Å². The summed E-state index contributed by atoms with van der Waals surface area (Å²) in [7, 11) is 0. The van der Waals surface area contributed by atoms with Gasteiger partial charge >= 0.3 is 6.03 Å². The van der Waals surface area contributed by atoms with Gasteiger partial charge in [0, 0.05) is 19.2 Å². The van der Waals surface area contributed by atoms with Crippen molar-refractivity contribution in [1.82, 2.24) is 20.2 Å². The van der Waals surface area contributed by atoms with E-state index in [1.807, 2.05) is 26.0 Å². The molecule has 1 fully saturated rings. The van der Waals surface area contributed by atoms with Crippen LogP contribution >= 0.6 is 0 Å². The van der Waals surface area contributed by atoms with E-state index in [9.17, 15) is 4.79 Å². The van der Waals surface area contributed by atoms with E-state index in [0.29, 0.717) is 19.0 Å². The molecule has 0 spiro atoms. The van der Waals surface area contributed by atoms with Gasteiger partial charge in [-0.15, -0.1) is 0 Å². The second-order valence-electron chi connectivity index (χ2n) is 5.57. The molecule has 1 N–H and O–H groups in total. The Bertz CT molecular complexity index is 652. The van der Waals surface area contributed by atoms with Crippen molar-refractivity contribution in [2.75, 3.05) is 13.1 Å². The number of nitrogens with zero attached hydrogens (tertiary/aromatic N) is 3. The van der Waals surface area contributed by atoms with Crippen molar-refractivity contribution < 1.29 is 13.9 Å². The van der Waals surface area contributed by atoms with Crippen LogP contribution in [0.3, 0.4) is 0 Å². The molecule has 1 saturated heterocycles. The van der Waals surface area contributed by atoms with Gasteiger partial charge < -0.3 is 19.4 Å². The standard InChI is InChI=1S/C16H20N4O3/c1-11-12(2)22-15(19-11)9-18-16(21)20-7-5-14(10-20)23-13-4-3-6-17-8-13/h3-4,6,8,14H,5,7,9-10H2,1-2H3,(H,18,21). The molecule has 2 amide bonds. The first-order valence-corrected chi connectivity index (χ1v) is 7.64. The lowest BCUT2D eigenvalue weighted by molar-refractivity contribution is 0.185. The number of amides is 2. The molecule has 2 aromatic heterocycles. The molecule has 7 nitrogen and oxygen atoms in total. The van der Waals surface area contributed by atoms with Crippen LogP contribution in [0.25, 0.3) is 0 Å². The second kappa shape index (κ2) is 6.68. The van der Waals surface area contributed by atoms with E-state index in [1.165, 1.54) is 0 Å². The summed E-state index contributed by atoms with van der Waals surface area (Å²) in [5.74, 6) is 2.03. The molecule has 1 atom stereocenters. The fourth-order valence-electron chi connectivity index (χ4n) is 2.50. The van der Waals surface area contributed by atoms with Gasteiger partial charge in [0.2, 0.25) is 5.89 Å². The fourth-order valence-corrected chi connectivity index (χ4v) is 2.50. The molecule has 3 heterocycles. The number of aryl methyl sites for hydroxylation is 2. The summed E-state index contributed by atoms with van der Waals surface area (Å²) in [6.45, 7) is 5.25. The Labute approximate surface area is 134 Å². The third kappa shape index (κ3) is 3.80. The first-order chi connectivity index (χ1) is 11.1. The zero-order valence-electron chi connectivity index (χ0n) is 13.3. The van der Waals surface area contributed by atoms with Crippen LogP contribution in [0.1, 0.15) is 23.8 Å². The number of ether oxygens (including phenoxy) is 1. The van der Waals surface area contributed by atoms with Gasteiger partial charge in [0.25, 0.3) is 0 Å². The van der Waals surface area contributed by atoms with E-state index < -0.39 is 0 Å². The first kappa shape index (κ1) is 15.3. The summed E-state index contributed by atoms with van der Waals surface area (Å²) in [6, 6.07) is 3.56. The molecule has 1 aliphatic rings. The zero-order chi connectivity index (χ0) is 16.2. The maximum Gasteiger partial charge on any atom is 0.317 e. The number of oxazole rings is 1. The smallest absolute Gasteiger partial charge is 0.317 e. The van der Waals surface area contributed by atoms with Crippen molar-refractivity contribution >= 4 is 6.03 Å². The van der Waals surface area contributed by atoms with Crippen molar-refractivity contribution in [2.24, 2.45) is 0 Å². The zero-order valence-corrected chi connectivity index (χ0v) is 13.3. The van der Waals surface area contributed by atoms with E-state index in [4.69, 9.17) is 9.15 Å². The topological polar surface area (TPSA) is 80.5 Å². The maximum atomic E-state index is 12.2. The van der Waals surface area contributed by atoms with Gasteiger partial charge in [0.1, 0.15) is 17.6 Å². The number of aromatic nitrogens is 2. The third-order valence-electron chi connectivity index (χ3n) is 3.83. The molecule has 7 heteroatoms. The van der Waals surface area contributed by atoms with Crippen LogP contribution < -0.4 is 10.1 Å². The molecular formula is C16H20N4O3. The second-order valence-corrected chi connectivity index (χ2v) is 5.57. The summed E-state index contributed by atoms with van der Waals surface area (Å²) in [5.41, 5.74) is 0.848. The number of carbonyl (C=O) groups excluding carboxylic acids is 1. The lowest BCUT2D eigenvalue weighted by Crippen LogP contribution is -2.39. The Morgan fingerprint density at radius 1 is 1.52 bits per heavy atom. The molecule has 1 unspecified atom stereocenters. The molecule has 122 valence electrons. The van der Waals surface area contributed by atoms with Crippen molar-refractivity contribution in [2.45, 2.75) is 32.9 Å². The largest absolute Gasteiger partial charge is 0.487 e. The van der Waals surface area contributed by atoms with Crippen molar-refractivity contribution in [1.29, 1.82) is 0 Å². The van der Waals surface area contributed by atoms with Crippen LogP contribution in [0.5, 0.6) is 5.75 Å². The van der Waals surface area contributed by atoms with Crippen LogP contribution in [0.4, 0.5) is 4.79 Å². The van der Waals surface area contributed by atoms with Crippen LogP contribution in [-0.2, 0) is 6.54 Å². The average molecular weight is 316 g/mol. The Balaban J connectivity index is 1.47. The number of pyridine rings is 1. The summed E-state index contributed by atoms with van der Waals surface area (Å²) in [4.78, 5) is 22.2. The molecule has 0 saturated carbocycles. The fraction of sp³-hybridized carbons (Fsp3) is 0.438. The quantitative estimate of drug-likeness (QED) is 0.933. The highest BCUT2D eigenvalue weighted by Gasteiger charge is 2.27. The van der Waals surface area contributed by atoms with Crippen molar-refractivity contribution in [3.05, 3.63) is 41.9 Å². The predicted molar refractivity (Wildman–Crippen MR) is 83.1 cm³/mol. The van der Waals surface area contributed by atoms with Crippen LogP contribution in [0.15, 0.2) is 28.9 Å². The number of hydrogen-bond acceptors (Lipinski definition) is 5. The summed E-state index contributed by atoms with van der Waals surface area (Å²) in [5, 5.41) is 2.83. The molecule has 23 heavy (non-hydrogen) atoms. The van der Waals surface area contributed by atoms with Gasteiger partial charge in [-0.2, -0.15) is 0 Å². The lowest BCUT2D eigenvalue weighted by atomic mass is 10.3. The molecular weight excluding hydrogens is 296 g/mol. The Kier molecular flexibility index (Phi) is 4.45. The minimum Gasteiger partial charge on any atom is -0.487 e. The maximum absolute atomic E-state index is 12.2. The highest BCUT2D eigenvalue weighted by atomic mass is 16.5. The number of hydrogen-bond donors (Lipinski definition) is 1. The van der Waals surface area contributed by atoms with Gasteiger partial charge in [0.05, 0.1) is 25.0 Å². The van der Waals surface area contributed by atoms with E-state index in [-0.39, 0.29) is 18.7 Å². The Hall–Kier alpha value is -2.57. The van der Waals surface area contributed by atoms with Gasteiger partial charge in [-0.1, -0.05) is 0 Å². The average Bonchev–Trinajstić information content (AvgIpc) is 3.13. The number of rotatable bonds is 4. The molecule has 1 aliphatic heterocycles. The van der Waals surface area contributed by atoms with E-state index >= 15 is 0 Å². The highest BCUT2D eigenvalue weighted by Crippen LogP contribution is 2.17. The van der Waals surface area contributed by atoms with Gasteiger partial charge in [-0.3, -0.25) is 4.98 Å². The predicted octanol–water partition coefficient (Wildman–Crippen LogP) is 2.05. The minimum atomic E-state index is -0.129. The number of nitrogens with one attached hydrogen (secondary N) is 1. The highest BCUT2D eigenvalue weighted by molar-refractivity contribution is 5.74. The van der Waals surface area contributed by atoms with Gasteiger partial charge in [-0.25, -0.2) is 9.78 Å². The number of carbonyl (C=O) groups is 1. The van der Waals surface area contributed by atoms with E-state index in [2.05, 4.69) is 15.3 Å². The van der Waals surface area contributed by atoms with Gasteiger partial charge in [0.15, 0.2) is 0 Å². The summed E-state index contributed by atoms with van der Waals surface area (Å²) in [6.07, 6.45) is 4.18. The van der Waals surface area contributed by atoms with Crippen LogP contribution in [0.2, 0.25) is 0 Å². The SMILES string of the molecule is Cc1nc(CNC(=O)N2CCC(Oc3cccnc3)C2)oc1C. The number of likely N-dealkylation sites (tertiary alicyclic amines) is 1. The molecule has 0 aromatic carbocycles. The number of urea groups is 1. The molecule has 0 bridgehead atoms. The molecule has 0 aliphatic carbocycles. The summed E-state index contributed by atoms with van der Waals surface area (Å²) < 4.78 is 11.3. The molecule has 0 radical (unpaired) electrons. The van der Waals surface area contributed by atoms with E-state index in [1.54, 1.807) is 17.3 Å². The molecule has 3 rings (SSSR count). The molecule has 2 aromatic rings. The minimum absolute atomic E-state index is 0.00354. The van der Waals surface area contributed by atoms with Gasteiger partial charge in [-0.05, 0) is 26.0 Å². The van der Waals surface area contributed by atoms with Crippen LogP contribution in [-0.4, -0.2) is 40.1 Å². The monoisotopic (exact) mass is 316 g/mol. The Morgan fingerprint density at radius 3 is 3.09 bits per heavy atom. The normalized spacial score (nSPS) is 17.3. The van der Waals surface area contributed by atoms with Crippen molar-refractivity contribution in [3.63, 3.8) is 0 Å². The van der Waals surface area contributed by atoms with Crippen molar-refractivity contribution in [3.8, 4) is 5.75 Å². The third-order valence-corrected chi connectivity index (χ3v) is 3.83. The first-order valence-electron chi connectivity index (χ1n) is 7.64. The van der Waals surface area contributed by atoms with Crippen LogP contribution in [0, 0.1) is 13.8 Å². The lowest BCUT2D eigenvalue weighted by Gasteiger charge is -2.17. The Morgan fingerprint density at radius 2 is 2.39 bits per heavy atom.